The van der Waals surface area contributed by atoms with Crippen LogP contribution in [0.3, 0.4) is 0 Å². The van der Waals surface area contributed by atoms with Gasteiger partial charge in [0.15, 0.2) is 5.82 Å². The third-order valence-corrected chi connectivity index (χ3v) is 5.16. The summed E-state index contributed by atoms with van der Waals surface area (Å²) in [5, 5.41) is 19.2. The van der Waals surface area contributed by atoms with Crippen molar-refractivity contribution in [3.8, 4) is 0 Å². The predicted octanol–water partition coefficient (Wildman–Crippen LogP) is 3.87. The van der Waals surface area contributed by atoms with Gasteiger partial charge in [-0.05, 0) is 23.8 Å². The van der Waals surface area contributed by atoms with E-state index in [0.29, 0.717) is 5.82 Å². The van der Waals surface area contributed by atoms with Crippen molar-refractivity contribution in [1.29, 1.82) is 0 Å². The van der Waals surface area contributed by atoms with Crippen LogP contribution in [0.1, 0.15) is 29.8 Å². The molecule has 2 aromatic carbocycles. The minimum atomic E-state index is -1.70. The topological polar surface area (TPSA) is 74.7 Å². The van der Waals surface area contributed by atoms with Gasteiger partial charge < -0.3 is 5.11 Å². The molecule has 0 spiro atoms. The highest BCUT2D eigenvalue weighted by atomic mass is 19.1. The third-order valence-electron chi connectivity index (χ3n) is 5.16. The number of halogens is 2. The van der Waals surface area contributed by atoms with Crippen LogP contribution in [0.4, 0.5) is 8.78 Å². The van der Waals surface area contributed by atoms with Crippen molar-refractivity contribution in [2.75, 3.05) is 0 Å². The lowest BCUT2D eigenvalue weighted by Crippen LogP contribution is -2.36. The van der Waals surface area contributed by atoms with E-state index in [0.717, 1.165) is 28.6 Å². The van der Waals surface area contributed by atoms with Gasteiger partial charge in [0.25, 0.3) is 0 Å². The summed E-state index contributed by atoms with van der Waals surface area (Å²) in [5.41, 5.74) is -0.143. The van der Waals surface area contributed by atoms with E-state index in [1.165, 1.54) is 12.4 Å². The fraction of sp³-hybridized carbons (Fsp3) is 0.190. The second-order valence-corrected chi connectivity index (χ2v) is 6.78. The van der Waals surface area contributed by atoms with Crippen LogP contribution < -0.4 is 0 Å². The number of aromatic amines is 1. The monoisotopic (exact) mass is 380 g/mol. The van der Waals surface area contributed by atoms with Gasteiger partial charge in [-0.2, -0.15) is 5.10 Å². The van der Waals surface area contributed by atoms with Crippen LogP contribution in [-0.2, 0) is 12.0 Å². The van der Waals surface area contributed by atoms with Crippen LogP contribution in [-0.4, -0.2) is 25.3 Å². The highest BCUT2D eigenvalue weighted by molar-refractivity contribution is 5.82. The number of rotatable bonds is 5. The maximum absolute atomic E-state index is 14.7. The van der Waals surface area contributed by atoms with Crippen LogP contribution in [0.25, 0.3) is 10.9 Å². The molecule has 0 aliphatic rings. The molecule has 0 aliphatic carbocycles. The number of hydrogen-bond donors (Lipinski definition) is 2. The van der Waals surface area contributed by atoms with E-state index in [-0.39, 0.29) is 12.0 Å². The zero-order chi connectivity index (χ0) is 19.7. The van der Waals surface area contributed by atoms with E-state index in [9.17, 15) is 13.9 Å². The Morgan fingerprint density at radius 2 is 1.93 bits per heavy atom. The van der Waals surface area contributed by atoms with E-state index in [2.05, 4.69) is 20.2 Å². The Morgan fingerprint density at radius 3 is 2.68 bits per heavy atom. The highest BCUT2D eigenvalue weighted by Crippen LogP contribution is 2.42. The number of nitrogens with zero attached hydrogens (tertiary/aromatic N) is 3. The lowest BCUT2D eigenvalue weighted by molar-refractivity contribution is 0.00781. The van der Waals surface area contributed by atoms with Gasteiger partial charge >= 0.3 is 0 Å². The lowest BCUT2D eigenvalue weighted by Gasteiger charge is -2.35. The SMILES string of the molecule is CC(c1ccnc2ccccc12)C(O)(Cc1nc[nH]n1)c1ccc(F)cc1F. The van der Waals surface area contributed by atoms with Gasteiger partial charge in [0.1, 0.15) is 23.6 Å². The van der Waals surface area contributed by atoms with Crippen molar-refractivity contribution < 1.29 is 13.9 Å². The number of pyridine rings is 1. The number of aliphatic hydroxyl groups is 1. The Hall–Kier alpha value is -3.19. The van der Waals surface area contributed by atoms with Crippen molar-refractivity contribution in [3.05, 3.63) is 89.6 Å². The van der Waals surface area contributed by atoms with Gasteiger partial charge in [-0.1, -0.05) is 31.2 Å². The fourth-order valence-electron chi connectivity index (χ4n) is 3.64. The van der Waals surface area contributed by atoms with Gasteiger partial charge in [-0.3, -0.25) is 10.1 Å². The maximum atomic E-state index is 14.7. The average Bonchev–Trinajstić information content (AvgIpc) is 3.19. The van der Waals surface area contributed by atoms with Crippen LogP contribution >= 0.6 is 0 Å². The zero-order valence-electron chi connectivity index (χ0n) is 15.1. The van der Waals surface area contributed by atoms with E-state index >= 15 is 0 Å². The molecule has 0 bridgehead atoms. The molecule has 0 saturated heterocycles. The number of nitrogens with one attached hydrogen (secondary N) is 1. The molecular formula is C21H18F2N4O. The second-order valence-electron chi connectivity index (χ2n) is 6.78. The molecule has 0 radical (unpaired) electrons. The number of para-hydroxylation sites is 1. The molecule has 2 atom stereocenters. The second kappa shape index (κ2) is 7.09. The van der Waals surface area contributed by atoms with Gasteiger partial charge in [-0.15, -0.1) is 0 Å². The van der Waals surface area contributed by atoms with E-state index in [1.54, 1.807) is 19.2 Å². The van der Waals surface area contributed by atoms with E-state index in [1.807, 2.05) is 24.3 Å². The van der Waals surface area contributed by atoms with Crippen molar-refractivity contribution in [1.82, 2.24) is 20.2 Å². The minimum absolute atomic E-state index is 0.00732. The van der Waals surface area contributed by atoms with E-state index in [4.69, 9.17) is 0 Å². The van der Waals surface area contributed by atoms with Crippen LogP contribution in [0.15, 0.2) is 61.1 Å². The van der Waals surface area contributed by atoms with Crippen molar-refractivity contribution in [3.63, 3.8) is 0 Å². The number of aromatic nitrogens is 4. The smallest absolute Gasteiger partial charge is 0.153 e. The summed E-state index contributed by atoms with van der Waals surface area (Å²) in [6.45, 7) is 1.80. The maximum Gasteiger partial charge on any atom is 0.153 e. The molecule has 2 N–H and O–H groups in total. The predicted molar refractivity (Wildman–Crippen MR) is 100 cm³/mol. The molecule has 2 heterocycles. The molecule has 2 unspecified atom stereocenters. The van der Waals surface area contributed by atoms with Crippen molar-refractivity contribution in [2.24, 2.45) is 0 Å². The molecule has 4 aromatic rings. The number of hydrogen-bond acceptors (Lipinski definition) is 4. The first-order valence-electron chi connectivity index (χ1n) is 8.85. The first kappa shape index (κ1) is 18.2. The quantitative estimate of drug-likeness (QED) is 0.551. The minimum Gasteiger partial charge on any atom is -0.384 e. The molecule has 0 amide bonds. The Kier molecular flexibility index (Phi) is 4.60. The summed E-state index contributed by atoms with van der Waals surface area (Å²) < 4.78 is 28.2. The zero-order valence-corrected chi connectivity index (χ0v) is 15.1. The Morgan fingerprint density at radius 1 is 1.11 bits per heavy atom. The summed E-state index contributed by atoms with van der Waals surface area (Å²) >= 11 is 0. The first-order valence-corrected chi connectivity index (χ1v) is 8.85. The summed E-state index contributed by atoms with van der Waals surface area (Å²) in [5.74, 6) is -1.75. The van der Waals surface area contributed by atoms with Gasteiger partial charge in [0, 0.05) is 35.6 Å². The summed E-state index contributed by atoms with van der Waals surface area (Å²) in [6.07, 6.45) is 3.00. The van der Waals surface area contributed by atoms with Crippen LogP contribution in [0.5, 0.6) is 0 Å². The summed E-state index contributed by atoms with van der Waals surface area (Å²) in [4.78, 5) is 8.43. The average molecular weight is 380 g/mol. The van der Waals surface area contributed by atoms with Gasteiger partial charge in [0.2, 0.25) is 0 Å². The number of fused-ring (bicyclic) bond motifs is 1. The number of benzene rings is 2. The summed E-state index contributed by atoms with van der Waals surface area (Å²) in [6, 6.07) is 12.5. The van der Waals surface area contributed by atoms with E-state index < -0.39 is 23.2 Å². The van der Waals surface area contributed by atoms with Crippen LogP contribution in [0, 0.1) is 11.6 Å². The van der Waals surface area contributed by atoms with Crippen molar-refractivity contribution >= 4 is 10.9 Å². The molecule has 2 aromatic heterocycles. The lowest BCUT2D eigenvalue weighted by atomic mass is 9.75. The fourth-order valence-corrected chi connectivity index (χ4v) is 3.64. The normalized spacial score (nSPS) is 14.7. The molecule has 7 heteroatoms. The largest absolute Gasteiger partial charge is 0.384 e. The van der Waals surface area contributed by atoms with Crippen molar-refractivity contribution in [2.45, 2.75) is 24.9 Å². The first-order chi connectivity index (χ1) is 13.5. The molecule has 142 valence electrons. The Bertz CT molecular complexity index is 1110. The van der Waals surface area contributed by atoms with Gasteiger partial charge in [0.05, 0.1) is 5.52 Å². The summed E-state index contributed by atoms with van der Waals surface area (Å²) in [7, 11) is 0. The van der Waals surface area contributed by atoms with Crippen LogP contribution in [0.2, 0.25) is 0 Å². The molecule has 0 saturated carbocycles. The molecular weight excluding hydrogens is 362 g/mol. The molecule has 28 heavy (non-hydrogen) atoms. The Labute approximate surface area is 160 Å². The molecule has 0 aliphatic heterocycles. The molecule has 0 fully saturated rings. The Balaban J connectivity index is 1.89. The standard InChI is InChI=1S/C21H18F2N4O/c1-13(15-8-9-24-19-5-3-2-4-16(15)19)21(28,11-20-25-12-26-27-20)17-7-6-14(22)10-18(17)23/h2-10,12-13,28H,11H2,1H3,(H,25,26,27). The number of H-pyrrole nitrogens is 1. The molecule has 4 rings (SSSR count). The molecule has 5 nitrogen and oxygen atoms in total. The van der Waals surface area contributed by atoms with Gasteiger partial charge in [-0.25, -0.2) is 13.8 Å². The third kappa shape index (κ3) is 3.14. The highest BCUT2D eigenvalue weighted by Gasteiger charge is 2.40.